The lowest BCUT2D eigenvalue weighted by atomic mass is 9.89. The normalized spacial score (nSPS) is 17.4. The summed E-state index contributed by atoms with van der Waals surface area (Å²) < 4.78 is 1.39. The van der Waals surface area contributed by atoms with Gasteiger partial charge in [0.1, 0.15) is 10.9 Å². The van der Waals surface area contributed by atoms with Gasteiger partial charge in [0.25, 0.3) is 11.5 Å². The van der Waals surface area contributed by atoms with Crippen LogP contribution in [0.2, 0.25) is 5.02 Å². The Morgan fingerprint density at radius 3 is 3.10 bits per heavy atom. The Balaban J connectivity index is 1.56. The third-order valence-electron chi connectivity index (χ3n) is 5.27. The van der Waals surface area contributed by atoms with Gasteiger partial charge < -0.3 is 0 Å². The average Bonchev–Trinajstić information content (AvgIpc) is 3.06. The van der Waals surface area contributed by atoms with E-state index >= 15 is 0 Å². The van der Waals surface area contributed by atoms with Gasteiger partial charge in [-0.1, -0.05) is 30.7 Å². The van der Waals surface area contributed by atoms with Gasteiger partial charge in [0.2, 0.25) is 0 Å². The van der Waals surface area contributed by atoms with E-state index in [4.69, 9.17) is 11.6 Å². The molecule has 4 rings (SSSR count). The molecule has 1 aliphatic rings. The maximum atomic E-state index is 13.1. The number of nitrogens with one attached hydrogen (secondary N) is 1. The van der Waals surface area contributed by atoms with E-state index in [9.17, 15) is 9.59 Å². The summed E-state index contributed by atoms with van der Waals surface area (Å²) in [5, 5.41) is 5.23. The van der Waals surface area contributed by atoms with Crippen molar-refractivity contribution >= 4 is 45.3 Å². The first kappa shape index (κ1) is 19.8. The minimum Gasteiger partial charge on any atom is -0.286 e. The van der Waals surface area contributed by atoms with Crippen molar-refractivity contribution in [1.82, 2.24) is 15.0 Å². The van der Waals surface area contributed by atoms with Crippen molar-refractivity contribution in [2.75, 3.05) is 0 Å². The summed E-state index contributed by atoms with van der Waals surface area (Å²) in [7, 11) is 0. The molecular formula is C21H21ClN4O2S. The van der Waals surface area contributed by atoms with Crippen molar-refractivity contribution in [2.45, 2.75) is 39.2 Å². The molecule has 1 aromatic carbocycles. The molecule has 0 unspecified atom stereocenters. The lowest BCUT2D eigenvalue weighted by Crippen LogP contribution is -2.34. The summed E-state index contributed by atoms with van der Waals surface area (Å²) in [5.74, 6) is 0.240. The topological polar surface area (TPSA) is 76.3 Å². The van der Waals surface area contributed by atoms with Crippen LogP contribution in [0.4, 0.5) is 0 Å². The molecule has 0 radical (unpaired) electrons. The quantitative estimate of drug-likeness (QED) is 0.505. The van der Waals surface area contributed by atoms with Crippen LogP contribution < -0.4 is 11.0 Å². The molecule has 2 aromatic heterocycles. The van der Waals surface area contributed by atoms with Gasteiger partial charge in [0.05, 0.1) is 17.9 Å². The van der Waals surface area contributed by atoms with Crippen molar-refractivity contribution in [1.29, 1.82) is 0 Å². The van der Waals surface area contributed by atoms with Gasteiger partial charge in [-0.25, -0.2) is 10.4 Å². The fraction of sp³-hybridized carbons (Fsp3) is 0.333. The van der Waals surface area contributed by atoms with Crippen LogP contribution in [0.5, 0.6) is 0 Å². The highest BCUT2D eigenvalue weighted by Crippen LogP contribution is 2.35. The van der Waals surface area contributed by atoms with Gasteiger partial charge >= 0.3 is 0 Å². The first-order chi connectivity index (χ1) is 13.9. The molecule has 3 aromatic rings. The number of hydrogen-bond acceptors (Lipinski definition) is 5. The van der Waals surface area contributed by atoms with Crippen molar-refractivity contribution in [3.63, 3.8) is 0 Å². The number of thiophene rings is 1. The summed E-state index contributed by atoms with van der Waals surface area (Å²) in [4.78, 5) is 32.1. The Kier molecular flexibility index (Phi) is 5.52. The monoisotopic (exact) mass is 428 g/mol. The highest BCUT2D eigenvalue weighted by Gasteiger charge is 2.25. The lowest BCUT2D eigenvalue weighted by molar-refractivity contribution is -0.123. The van der Waals surface area contributed by atoms with Crippen LogP contribution in [0.15, 0.2) is 40.5 Å². The van der Waals surface area contributed by atoms with Crippen LogP contribution in [0.25, 0.3) is 10.2 Å². The minimum atomic E-state index is -0.728. The molecule has 8 heteroatoms. The Hall–Kier alpha value is -2.51. The predicted molar refractivity (Wildman–Crippen MR) is 117 cm³/mol. The molecule has 1 N–H and O–H groups in total. The van der Waals surface area contributed by atoms with E-state index in [2.05, 4.69) is 22.4 Å². The highest BCUT2D eigenvalue weighted by molar-refractivity contribution is 7.18. The second kappa shape index (κ2) is 8.08. The van der Waals surface area contributed by atoms with Crippen LogP contribution in [0.3, 0.4) is 0 Å². The second-order valence-corrected chi connectivity index (χ2v) is 8.97. The standard InChI is InChI=1S/C21H21ClN4O2S/c1-12-6-7-16-17(8-12)29-20-18(16)21(28)26(11-23-20)13(2)19(27)25-24-10-14-4-3-5-15(22)9-14/h3-5,9-13H,6-8H2,1-2H3,(H,25,27)/t12-,13+/m0/s1. The van der Waals surface area contributed by atoms with E-state index in [1.807, 2.05) is 6.07 Å². The molecule has 1 amide bonds. The van der Waals surface area contributed by atoms with E-state index in [1.54, 1.807) is 36.5 Å². The Morgan fingerprint density at radius 1 is 1.48 bits per heavy atom. The number of carbonyl (C=O) groups is 1. The number of rotatable bonds is 4. The number of benzene rings is 1. The zero-order valence-corrected chi connectivity index (χ0v) is 17.8. The Labute approximate surface area is 177 Å². The van der Waals surface area contributed by atoms with Crippen molar-refractivity contribution in [3.05, 3.63) is 62.0 Å². The molecule has 0 fully saturated rings. The molecular weight excluding hydrogens is 408 g/mol. The summed E-state index contributed by atoms with van der Waals surface area (Å²) >= 11 is 7.54. The van der Waals surface area contributed by atoms with Crippen molar-refractivity contribution in [2.24, 2.45) is 11.0 Å². The number of aryl methyl sites for hydroxylation is 1. The maximum Gasteiger partial charge on any atom is 0.263 e. The molecule has 1 aliphatic carbocycles. The van der Waals surface area contributed by atoms with Crippen molar-refractivity contribution < 1.29 is 4.79 Å². The molecule has 0 aliphatic heterocycles. The molecule has 29 heavy (non-hydrogen) atoms. The largest absolute Gasteiger partial charge is 0.286 e. The van der Waals surface area contributed by atoms with E-state index in [0.717, 1.165) is 35.2 Å². The maximum absolute atomic E-state index is 13.1. The van der Waals surface area contributed by atoms with E-state index in [0.29, 0.717) is 16.3 Å². The molecule has 0 spiro atoms. The second-order valence-electron chi connectivity index (χ2n) is 7.45. The minimum absolute atomic E-state index is 0.163. The van der Waals surface area contributed by atoms with Gasteiger partial charge in [0, 0.05) is 9.90 Å². The zero-order chi connectivity index (χ0) is 20.5. The van der Waals surface area contributed by atoms with Gasteiger partial charge in [0.15, 0.2) is 0 Å². The van der Waals surface area contributed by atoms with Gasteiger partial charge in [-0.05, 0) is 55.4 Å². The number of nitrogens with zero attached hydrogens (tertiary/aromatic N) is 3. The molecule has 2 heterocycles. The number of hydrogen-bond donors (Lipinski definition) is 1. The number of carbonyl (C=O) groups excluding carboxylic acids is 1. The van der Waals surface area contributed by atoms with E-state index < -0.39 is 6.04 Å². The molecule has 6 nitrogen and oxygen atoms in total. The predicted octanol–water partition coefficient (Wildman–Crippen LogP) is 3.95. The third kappa shape index (κ3) is 3.97. The summed E-state index contributed by atoms with van der Waals surface area (Å²) in [6.07, 6.45) is 5.92. The highest BCUT2D eigenvalue weighted by atomic mass is 35.5. The number of hydrazone groups is 1. The van der Waals surface area contributed by atoms with Gasteiger partial charge in [-0.2, -0.15) is 5.10 Å². The molecule has 150 valence electrons. The van der Waals surface area contributed by atoms with Crippen LogP contribution in [-0.4, -0.2) is 21.7 Å². The first-order valence-electron chi connectivity index (χ1n) is 9.54. The molecule has 0 bridgehead atoms. The van der Waals surface area contributed by atoms with Crippen LogP contribution >= 0.6 is 22.9 Å². The smallest absolute Gasteiger partial charge is 0.263 e. The Morgan fingerprint density at radius 2 is 2.31 bits per heavy atom. The van der Waals surface area contributed by atoms with E-state index in [-0.39, 0.29) is 11.5 Å². The fourth-order valence-corrected chi connectivity index (χ4v) is 5.14. The summed E-state index contributed by atoms with van der Waals surface area (Å²) in [6.45, 7) is 3.90. The number of aromatic nitrogens is 2. The van der Waals surface area contributed by atoms with E-state index in [1.165, 1.54) is 22.0 Å². The van der Waals surface area contributed by atoms with Crippen LogP contribution in [0, 0.1) is 5.92 Å². The summed E-state index contributed by atoms with van der Waals surface area (Å²) in [5.41, 5.74) is 4.21. The zero-order valence-electron chi connectivity index (χ0n) is 16.2. The molecule has 2 atom stereocenters. The lowest BCUT2D eigenvalue weighted by Gasteiger charge is -2.18. The average molecular weight is 429 g/mol. The van der Waals surface area contributed by atoms with Crippen LogP contribution in [0.1, 0.15) is 42.3 Å². The fourth-order valence-electron chi connectivity index (χ4n) is 3.60. The molecule has 0 saturated heterocycles. The SMILES string of the molecule is C[C@H]1CCc2c(sc3ncn([C@H](C)C(=O)NN=Cc4cccc(Cl)c4)c(=O)c23)C1. The first-order valence-corrected chi connectivity index (χ1v) is 10.7. The third-order valence-corrected chi connectivity index (χ3v) is 6.67. The van der Waals surface area contributed by atoms with Crippen LogP contribution in [-0.2, 0) is 17.6 Å². The number of halogens is 1. The van der Waals surface area contributed by atoms with Gasteiger partial charge in [-0.3, -0.25) is 14.2 Å². The molecule has 0 saturated carbocycles. The Bertz CT molecular complexity index is 1170. The number of amides is 1. The van der Waals surface area contributed by atoms with Gasteiger partial charge in [-0.15, -0.1) is 11.3 Å². The number of fused-ring (bicyclic) bond motifs is 3. The summed E-state index contributed by atoms with van der Waals surface area (Å²) in [6, 6.07) is 6.40. The van der Waals surface area contributed by atoms with Crippen molar-refractivity contribution in [3.8, 4) is 0 Å².